The van der Waals surface area contributed by atoms with Crippen LogP contribution in [0.2, 0.25) is 0 Å². The van der Waals surface area contributed by atoms with Crippen molar-refractivity contribution in [3.05, 3.63) is 20.5 Å². The molecule has 0 fully saturated rings. The topological polar surface area (TPSA) is 0 Å². The minimum absolute atomic E-state index is 0.226. The first kappa shape index (κ1) is 4.54. The van der Waals surface area contributed by atoms with E-state index in [1.54, 1.807) is 11.8 Å². The van der Waals surface area contributed by atoms with Gasteiger partial charge in [-0.15, -0.1) is 0 Å². The van der Waals surface area contributed by atoms with Gasteiger partial charge < -0.3 is 0 Å². The first-order valence-electron chi connectivity index (χ1n) is 1.72. The van der Waals surface area contributed by atoms with Gasteiger partial charge in [-0.25, -0.2) is 0 Å². The normalized spacial score (nSPS) is 18.7. The van der Waals surface area contributed by atoms with E-state index in [1.165, 1.54) is 0 Å². The Hall–Kier alpha value is 0.388. The summed E-state index contributed by atoms with van der Waals surface area (Å²) >= 11 is 1.99. The SMILES string of the molecule is C1=C[AsH]C=CS1. The maximum atomic E-state index is 2.27. The number of hydrogen-bond acceptors (Lipinski definition) is 1. The Labute approximate surface area is 48.4 Å². The van der Waals surface area contributed by atoms with Gasteiger partial charge in [-0.1, -0.05) is 0 Å². The van der Waals surface area contributed by atoms with Crippen LogP contribution in [0.4, 0.5) is 0 Å². The minimum atomic E-state index is 0.226. The number of rotatable bonds is 0. The van der Waals surface area contributed by atoms with E-state index < -0.39 is 0 Å². The molecule has 0 saturated carbocycles. The van der Waals surface area contributed by atoms with Crippen molar-refractivity contribution >= 4 is 27.5 Å². The molecule has 0 aromatic heterocycles. The van der Waals surface area contributed by atoms with Crippen molar-refractivity contribution in [3.63, 3.8) is 0 Å². The summed E-state index contributed by atoms with van der Waals surface area (Å²) in [5.41, 5.74) is 0. The van der Waals surface area contributed by atoms with E-state index in [2.05, 4.69) is 20.5 Å². The number of hydrogen-bond donors (Lipinski definition) is 0. The fourth-order valence-electron chi connectivity index (χ4n) is 0.258. The average molecular weight is 160 g/mol. The van der Waals surface area contributed by atoms with Gasteiger partial charge >= 0.3 is 48.1 Å². The second kappa shape index (κ2) is 2.54. The predicted octanol–water partition coefficient (Wildman–Crippen LogP) is 1.11. The quantitative estimate of drug-likeness (QED) is 0.478. The molecule has 0 amide bonds. The molecule has 1 aliphatic rings. The molecule has 0 N–H and O–H groups in total. The van der Waals surface area contributed by atoms with Crippen molar-refractivity contribution in [2.75, 3.05) is 0 Å². The molecule has 0 spiro atoms. The van der Waals surface area contributed by atoms with Crippen LogP contribution in [-0.4, -0.2) is 15.8 Å². The summed E-state index contributed by atoms with van der Waals surface area (Å²) in [4.78, 5) is 4.54. The first-order valence-corrected chi connectivity index (χ1v) is 5.08. The molecule has 1 heterocycles. The molecule has 32 valence electrons. The van der Waals surface area contributed by atoms with Crippen molar-refractivity contribution in [1.82, 2.24) is 0 Å². The molecular formula is C4H5AsS. The monoisotopic (exact) mass is 160 g/mol. The molecule has 6 heavy (non-hydrogen) atoms. The van der Waals surface area contributed by atoms with Gasteiger partial charge in [-0.2, -0.15) is 0 Å². The molecule has 1 aliphatic heterocycles. The van der Waals surface area contributed by atoms with Crippen LogP contribution < -0.4 is 0 Å². The summed E-state index contributed by atoms with van der Waals surface area (Å²) in [7, 11) is 0. The second-order valence-electron chi connectivity index (χ2n) is 0.908. The molecule has 0 aromatic carbocycles. The molecule has 0 atom stereocenters. The van der Waals surface area contributed by atoms with E-state index in [9.17, 15) is 0 Å². The Kier molecular flexibility index (Phi) is 1.93. The van der Waals surface area contributed by atoms with Gasteiger partial charge in [-0.3, -0.25) is 0 Å². The predicted molar refractivity (Wildman–Crippen MR) is 33.0 cm³/mol. The first-order chi connectivity index (χ1) is 3.00. The van der Waals surface area contributed by atoms with Gasteiger partial charge in [0.1, 0.15) is 0 Å². The van der Waals surface area contributed by atoms with E-state index in [4.69, 9.17) is 0 Å². The van der Waals surface area contributed by atoms with Crippen LogP contribution in [-0.2, 0) is 0 Å². The van der Waals surface area contributed by atoms with Crippen LogP contribution >= 0.6 is 11.8 Å². The maximum absolute atomic E-state index is 2.27. The molecule has 0 bridgehead atoms. The van der Waals surface area contributed by atoms with E-state index in [1.807, 2.05) is 0 Å². The van der Waals surface area contributed by atoms with Gasteiger partial charge in [-0.05, 0) is 0 Å². The van der Waals surface area contributed by atoms with Crippen LogP contribution in [0.25, 0.3) is 0 Å². The Morgan fingerprint density at radius 1 is 1.17 bits per heavy atom. The zero-order valence-electron chi connectivity index (χ0n) is 3.22. The van der Waals surface area contributed by atoms with Crippen molar-refractivity contribution in [2.45, 2.75) is 0 Å². The second-order valence-corrected chi connectivity index (χ2v) is 3.82. The summed E-state index contributed by atoms with van der Waals surface area (Å²) in [5, 5.41) is 4.31. The Balaban J connectivity index is 2.40. The number of thioether (sulfide) groups is 1. The zero-order chi connectivity index (χ0) is 4.24. The van der Waals surface area contributed by atoms with E-state index >= 15 is 0 Å². The third-order valence-electron chi connectivity index (χ3n) is 0.486. The molecule has 0 aromatic rings. The van der Waals surface area contributed by atoms with E-state index in [-0.39, 0.29) is 15.8 Å². The van der Waals surface area contributed by atoms with E-state index in [0.717, 1.165) is 0 Å². The molecule has 0 saturated heterocycles. The summed E-state index contributed by atoms with van der Waals surface area (Å²) in [6.45, 7) is 0. The fourth-order valence-corrected chi connectivity index (χ4v) is 2.87. The van der Waals surface area contributed by atoms with Crippen molar-refractivity contribution < 1.29 is 0 Å². The molecule has 0 aliphatic carbocycles. The van der Waals surface area contributed by atoms with Crippen molar-refractivity contribution in [2.24, 2.45) is 0 Å². The Morgan fingerprint density at radius 3 is 2.00 bits per heavy atom. The average Bonchev–Trinajstić information content (AvgIpc) is 1.72. The molecule has 2 heteroatoms. The summed E-state index contributed by atoms with van der Waals surface area (Å²) in [5.74, 6) is 0. The van der Waals surface area contributed by atoms with E-state index in [0.29, 0.717) is 0 Å². The Bertz CT molecular complexity index is 65.5. The van der Waals surface area contributed by atoms with Crippen molar-refractivity contribution in [1.29, 1.82) is 0 Å². The third-order valence-corrected chi connectivity index (χ3v) is 3.59. The Morgan fingerprint density at radius 2 is 1.83 bits per heavy atom. The van der Waals surface area contributed by atoms with Crippen LogP contribution in [0.1, 0.15) is 0 Å². The van der Waals surface area contributed by atoms with Gasteiger partial charge in [0.2, 0.25) is 0 Å². The van der Waals surface area contributed by atoms with Crippen LogP contribution in [0.15, 0.2) is 20.5 Å². The summed E-state index contributed by atoms with van der Waals surface area (Å²) in [6.07, 6.45) is 0. The zero-order valence-corrected chi connectivity index (χ0v) is 6.13. The molecule has 0 nitrogen and oxygen atoms in total. The fraction of sp³-hybridized carbons (Fsp3) is 0. The van der Waals surface area contributed by atoms with Crippen LogP contribution in [0, 0.1) is 0 Å². The van der Waals surface area contributed by atoms with Crippen LogP contribution in [0.3, 0.4) is 0 Å². The van der Waals surface area contributed by atoms with Gasteiger partial charge in [0, 0.05) is 0 Å². The molecule has 0 radical (unpaired) electrons. The van der Waals surface area contributed by atoms with Crippen molar-refractivity contribution in [3.8, 4) is 0 Å². The van der Waals surface area contributed by atoms with Gasteiger partial charge in [0.25, 0.3) is 0 Å². The standard InChI is InChI=1S/C4H5AsS/c1-3-6-4-2-5-1/h1-5H. The van der Waals surface area contributed by atoms with Crippen LogP contribution in [0.5, 0.6) is 0 Å². The molecule has 0 unspecified atom stereocenters. The molecular weight excluding hydrogens is 155 g/mol. The summed E-state index contributed by atoms with van der Waals surface area (Å²) in [6, 6.07) is 0. The van der Waals surface area contributed by atoms with Gasteiger partial charge in [0.05, 0.1) is 0 Å². The summed E-state index contributed by atoms with van der Waals surface area (Å²) < 4.78 is 0. The molecule has 1 rings (SSSR count). The van der Waals surface area contributed by atoms with Gasteiger partial charge in [0.15, 0.2) is 0 Å². The third kappa shape index (κ3) is 1.23.